The van der Waals surface area contributed by atoms with E-state index in [4.69, 9.17) is 17.3 Å². The molecule has 1 aromatic carbocycles. The van der Waals surface area contributed by atoms with E-state index in [0.717, 1.165) is 5.56 Å². The van der Waals surface area contributed by atoms with Crippen molar-refractivity contribution in [3.63, 3.8) is 0 Å². The van der Waals surface area contributed by atoms with Crippen LogP contribution in [0, 0.1) is 0 Å². The quantitative estimate of drug-likeness (QED) is 0.743. The van der Waals surface area contributed by atoms with E-state index in [0.29, 0.717) is 17.0 Å². The Kier molecular flexibility index (Phi) is 3.97. The van der Waals surface area contributed by atoms with Crippen molar-refractivity contribution in [2.24, 2.45) is 5.73 Å². The Morgan fingerprint density at radius 2 is 2.07 bits per heavy atom. The number of phenolic OH excluding ortho intramolecular Hbond substituents is 1. The van der Waals surface area contributed by atoms with Crippen LogP contribution in [-0.4, -0.2) is 16.3 Å². The first-order valence-electron chi connectivity index (χ1n) is 4.92. The van der Waals surface area contributed by atoms with Gasteiger partial charge in [0.1, 0.15) is 5.75 Å². The highest BCUT2D eigenvalue weighted by Gasteiger charge is 2.18. The van der Waals surface area contributed by atoms with Gasteiger partial charge in [-0.15, -0.1) is 0 Å². The summed E-state index contributed by atoms with van der Waals surface area (Å²) in [6.45, 7) is 3.59. The summed E-state index contributed by atoms with van der Waals surface area (Å²) in [6.07, 6.45) is -0.237. The molecule has 0 spiro atoms. The number of rotatable bonds is 3. The first-order chi connectivity index (χ1) is 6.97. The Hall–Kier alpha value is -0.770. The van der Waals surface area contributed by atoms with Gasteiger partial charge in [-0.1, -0.05) is 18.5 Å². The van der Waals surface area contributed by atoms with Gasteiger partial charge in [-0.05, 0) is 31.0 Å². The number of hydrogen-bond donors (Lipinski definition) is 3. The molecule has 0 bridgehead atoms. The Labute approximate surface area is 94.5 Å². The Morgan fingerprint density at radius 3 is 2.53 bits per heavy atom. The normalized spacial score (nSPS) is 15.0. The molecule has 0 aliphatic heterocycles. The van der Waals surface area contributed by atoms with Crippen LogP contribution in [0.2, 0.25) is 5.02 Å². The number of hydrogen-bond acceptors (Lipinski definition) is 3. The van der Waals surface area contributed by atoms with Gasteiger partial charge in [-0.2, -0.15) is 0 Å². The topological polar surface area (TPSA) is 66.5 Å². The molecule has 0 saturated carbocycles. The summed E-state index contributed by atoms with van der Waals surface area (Å²) >= 11 is 5.89. The average Bonchev–Trinajstić information content (AvgIpc) is 2.19. The molecule has 0 radical (unpaired) electrons. The monoisotopic (exact) mass is 229 g/mol. The van der Waals surface area contributed by atoms with Crippen molar-refractivity contribution in [3.8, 4) is 5.75 Å². The van der Waals surface area contributed by atoms with Gasteiger partial charge >= 0.3 is 0 Å². The smallest absolute Gasteiger partial charge is 0.124 e. The van der Waals surface area contributed by atoms with E-state index in [9.17, 15) is 10.2 Å². The van der Waals surface area contributed by atoms with Crippen molar-refractivity contribution in [1.82, 2.24) is 0 Å². The Balaban J connectivity index is 3.22. The summed E-state index contributed by atoms with van der Waals surface area (Å²) in [5.74, 6) is 0.0895. The van der Waals surface area contributed by atoms with E-state index in [1.165, 1.54) is 0 Å². The predicted molar refractivity (Wildman–Crippen MR) is 61.1 cm³/mol. The number of nitrogens with two attached hydrogens (primary N) is 1. The van der Waals surface area contributed by atoms with Crippen LogP contribution in [0.3, 0.4) is 0 Å². The molecule has 0 aromatic heterocycles. The molecule has 4 N–H and O–H groups in total. The molecule has 2 atom stereocenters. The minimum Gasteiger partial charge on any atom is -0.507 e. The molecule has 0 aliphatic rings. The zero-order chi connectivity index (χ0) is 11.6. The number of aryl methyl sites for hydroxylation is 1. The second-order valence-electron chi connectivity index (χ2n) is 3.66. The molecule has 0 amide bonds. The SMILES string of the molecule is CCc1cc(Cl)cc(C(O)C(C)N)c1O. The molecule has 3 nitrogen and oxygen atoms in total. The molecule has 2 unspecified atom stereocenters. The van der Waals surface area contributed by atoms with Gasteiger partial charge in [0.25, 0.3) is 0 Å². The molecular formula is C11H16ClNO2. The van der Waals surface area contributed by atoms with Crippen LogP contribution in [0.1, 0.15) is 31.1 Å². The number of benzene rings is 1. The maximum atomic E-state index is 9.86. The van der Waals surface area contributed by atoms with Crippen molar-refractivity contribution in [2.45, 2.75) is 32.4 Å². The van der Waals surface area contributed by atoms with E-state index >= 15 is 0 Å². The van der Waals surface area contributed by atoms with Gasteiger partial charge in [-0.25, -0.2) is 0 Å². The predicted octanol–water partition coefficient (Wildman–Crippen LogP) is 1.99. The van der Waals surface area contributed by atoms with Gasteiger partial charge in [-0.3, -0.25) is 0 Å². The third-order valence-electron chi connectivity index (χ3n) is 2.38. The van der Waals surface area contributed by atoms with Crippen molar-refractivity contribution < 1.29 is 10.2 Å². The van der Waals surface area contributed by atoms with E-state index in [-0.39, 0.29) is 5.75 Å². The fourth-order valence-electron chi connectivity index (χ4n) is 1.46. The van der Waals surface area contributed by atoms with E-state index in [2.05, 4.69) is 0 Å². The standard InChI is InChI=1S/C11H16ClNO2/c1-3-7-4-8(12)5-9(11(7)15)10(14)6(2)13/h4-6,10,14-15H,3,13H2,1-2H3. The minimum absolute atomic E-state index is 0.0895. The van der Waals surface area contributed by atoms with Crippen LogP contribution in [0.15, 0.2) is 12.1 Å². The third kappa shape index (κ3) is 2.62. The van der Waals surface area contributed by atoms with E-state index < -0.39 is 12.1 Å². The van der Waals surface area contributed by atoms with E-state index in [1.807, 2.05) is 6.92 Å². The number of halogens is 1. The van der Waals surface area contributed by atoms with Gasteiger partial charge in [0.15, 0.2) is 0 Å². The maximum Gasteiger partial charge on any atom is 0.124 e. The van der Waals surface area contributed by atoms with Crippen LogP contribution in [-0.2, 0) is 6.42 Å². The van der Waals surface area contributed by atoms with Gasteiger partial charge in [0, 0.05) is 16.6 Å². The molecule has 4 heteroatoms. The third-order valence-corrected chi connectivity index (χ3v) is 2.60. The van der Waals surface area contributed by atoms with E-state index in [1.54, 1.807) is 19.1 Å². The van der Waals surface area contributed by atoms with Crippen LogP contribution >= 0.6 is 11.6 Å². The largest absolute Gasteiger partial charge is 0.507 e. The molecule has 15 heavy (non-hydrogen) atoms. The Bertz CT molecular complexity index is 353. The number of aromatic hydroxyl groups is 1. The summed E-state index contributed by atoms with van der Waals surface area (Å²) in [5, 5.41) is 20.1. The molecule has 84 valence electrons. The van der Waals surface area contributed by atoms with Gasteiger partial charge in [0.05, 0.1) is 6.10 Å². The summed E-state index contributed by atoms with van der Waals surface area (Å²) in [7, 11) is 0. The molecule has 0 aliphatic carbocycles. The molecule has 0 saturated heterocycles. The lowest BCUT2D eigenvalue weighted by atomic mass is 9.99. The zero-order valence-electron chi connectivity index (χ0n) is 8.87. The molecule has 0 heterocycles. The average molecular weight is 230 g/mol. The van der Waals surface area contributed by atoms with Crippen LogP contribution in [0.25, 0.3) is 0 Å². The lowest BCUT2D eigenvalue weighted by molar-refractivity contribution is 0.149. The lowest BCUT2D eigenvalue weighted by Crippen LogP contribution is -2.24. The van der Waals surface area contributed by atoms with Crippen molar-refractivity contribution >= 4 is 11.6 Å². The summed E-state index contributed by atoms with van der Waals surface area (Å²) in [6, 6.07) is 2.79. The fourth-order valence-corrected chi connectivity index (χ4v) is 1.71. The summed E-state index contributed by atoms with van der Waals surface area (Å²) < 4.78 is 0. The van der Waals surface area contributed by atoms with Crippen molar-refractivity contribution in [1.29, 1.82) is 0 Å². The molecule has 0 fully saturated rings. The van der Waals surface area contributed by atoms with Gasteiger partial charge in [0.2, 0.25) is 0 Å². The Morgan fingerprint density at radius 1 is 1.47 bits per heavy atom. The second-order valence-corrected chi connectivity index (χ2v) is 4.10. The van der Waals surface area contributed by atoms with Crippen molar-refractivity contribution in [2.75, 3.05) is 0 Å². The summed E-state index contributed by atoms with van der Waals surface area (Å²) in [5.41, 5.74) is 6.69. The van der Waals surface area contributed by atoms with Crippen molar-refractivity contribution in [3.05, 3.63) is 28.3 Å². The number of aliphatic hydroxyl groups is 1. The first kappa shape index (κ1) is 12.3. The summed E-state index contributed by atoms with van der Waals surface area (Å²) in [4.78, 5) is 0. The van der Waals surface area contributed by atoms with Crippen LogP contribution in [0.5, 0.6) is 5.75 Å². The first-order valence-corrected chi connectivity index (χ1v) is 5.30. The highest BCUT2D eigenvalue weighted by molar-refractivity contribution is 6.30. The minimum atomic E-state index is -0.894. The molecule has 1 aromatic rings. The number of aliphatic hydroxyl groups excluding tert-OH is 1. The molecular weight excluding hydrogens is 214 g/mol. The lowest BCUT2D eigenvalue weighted by Gasteiger charge is -2.18. The highest BCUT2D eigenvalue weighted by Crippen LogP contribution is 2.32. The van der Waals surface area contributed by atoms with Crippen LogP contribution < -0.4 is 5.73 Å². The van der Waals surface area contributed by atoms with Gasteiger partial charge < -0.3 is 15.9 Å². The second kappa shape index (κ2) is 4.84. The number of phenols is 1. The fraction of sp³-hybridized carbons (Fsp3) is 0.455. The van der Waals surface area contributed by atoms with Crippen LogP contribution in [0.4, 0.5) is 0 Å². The highest BCUT2D eigenvalue weighted by atomic mass is 35.5. The zero-order valence-corrected chi connectivity index (χ0v) is 9.62. The maximum absolute atomic E-state index is 9.86. The molecule has 1 rings (SSSR count).